The van der Waals surface area contributed by atoms with E-state index in [1.807, 2.05) is 0 Å². The molecular weight excluding hydrogens is 323 g/mol. The van der Waals surface area contributed by atoms with Crippen molar-refractivity contribution in [3.05, 3.63) is 59.3 Å². The van der Waals surface area contributed by atoms with Crippen LogP contribution in [0.25, 0.3) is 11.2 Å². The van der Waals surface area contributed by atoms with Crippen LogP contribution in [-0.4, -0.2) is 43.5 Å². The summed E-state index contributed by atoms with van der Waals surface area (Å²) < 4.78 is 13.2. The minimum absolute atomic E-state index is 0.207. The number of hydrogen-bond acceptors (Lipinski definition) is 4. The number of aliphatic hydroxyl groups is 1. The fourth-order valence-electron chi connectivity index (χ4n) is 3.40. The Labute approximate surface area is 143 Å². The molecule has 1 aromatic carbocycles. The summed E-state index contributed by atoms with van der Waals surface area (Å²) in [5.74, 6) is 0.144. The Bertz CT molecular complexity index is 938. The van der Waals surface area contributed by atoms with Crippen LogP contribution in [0.4, 0.5) is 4.39 Å². The van der Waals surface area contributed by atoms with Crippen LogP contribution in [-0.2, 0) is 0 Å². The van der Waals surface area contributed by atoms with E-state index < -0.39 is 6.10 Å². The van der Waals surface area contributed by atoms with Gasteiger partial charge in [-0.05, 0) is 37.1 Å². The predicted molar refractivity (Wildman–Crippen MR) is 89.4 cm³/mol. The van der Waals surface area contributed by atoms with E-state index in [2.05, 4.69) is 15.0 Å². The summed E-state index contributed by atoms with van der Waals surface area (Å²) in [5, 5.41) is 10.1. The number of hydrogen-bond donors (Lipinski definition) is 2. The normalized spacial score (nSPS) is 20.4. The number of aromatic amines is 1. The molecule has 0 spiro atoms. The summed E-state index contributed by atoms with van der Waals surface area (Å²) in [4.78, 5) is 26.3. The van der Waals surface area contributed by atoms with Gasteiger partial charge in [0.15, 0.2) is 5.65 Å². The highest BCUT2D eigenvalue weighted by Crippen LogP contribution is 2.34. The van der Waals surface area contributed by atoms with Crippen LogP contribution in [0.1, 0.15) is 34.2 Å². The van der Waals surface area contributed by atoms with Crippen molar-refractivity contribution < 1.29 is 14.3 Å². The lowest BCUT2D eigenvalue weighted by molar-refractivity contribution is 0.0717. The number of rotatable bonds is 2. The van der Waals surface area contributed by atoms with Gasteiger partial charge in [-0.1, -0.05) is 12.1 Å². The van der Waals surface area contributed by atoms with Crippen LogP contribution in [0.5, 0.6) is 0 Å². The van der Waals surface area contributed by atoms with E-state index in [0.717, 1.165) is 5.56 Å². The number of aromatic nitrogens is 3. The van der Waals surface area contributed by atoms with Crippen molar-refractivity contribution in [1.29, 1.82) is 0 Å². The summed E-state index contributed by atoms with van der Waals surface area (Å²) in [6, 6.07) is 7.39. The molecule has 4 rings (SSSR count). The van der Waals surface area contributed by atoms with Gasteiger partial charge in [0, 0.05) is 12.7 Å². The SMILES string of the molecule is Cc1nc2nccc(C(=O)N3C[C@@H](O)C[C@@H]3c3ccc(F)cc3)c2[nH]1. The number of amides is 1. The van der Waals surface area contributed by atoms with Crippen LogP contribution in [0.3, 0.4) is 0 Å². The van der Waals surface area contributed by atoms with Crippen LogP contribution < -0.4 is 0 Å². The first-order valence-corrected chi connectivity index (χ1v) is 8.09. The molecule has 0 aliphatic carbocycles. The monoisotopic (exact) mass is 340 g/mol. The Morgan fingerprint density at radius 1 is 1.32 bits per heavy atom. The van der Waals surface area contributed by atoms with E-state index in [1.165, 1.54) is 12.1 Å². The Morgan fingerprint density at radius 2 is 2.08 bits per heavy atom. The van der Waals surface area contributed by atoms with Crippen molar-refractivity contribution in [2.45, 2.75) is 25.5 Å². The number of halogens is 1. The van der Waals surface area contributed by atoms with Gasteiger partial charge >= 0.3 is 0 Å². The third-order valence-corrected chi connectivity index (χ3v) is 4.54. The van der Waals surface area contributed by atoms with Crippen molar-refractivity contribution in [2.24, 2.45) is 0 Å². The van der Waals surface area contributed by atoms with Gasteiger partial charge in [-0.15, -0.1) is 0 Å². The van der Waals surface area contributed by atoms with Gasteiger partial charge in [0.2, 0.25) is 0 Å². The van der Waals surface area contributed by atoms with E-state index in [9.17, 15) is 14.3 Å². The molecule has 3 heterocycles. The summed E-state index contributed by atoms with van der Waals surface area (Å²) in [5.41, 5.74) is 2.34. The summed E-state index contributed by atoms with van der Waals surface area (Å²) in [7, 11) is 0. The van der Waals surface area contributed by atoms with Gasteiger partial charge < -0.3 is 15.0 Å². The third-order valence-electron chi connectivity index (χ3n) is 4.54. The number of nitrogens with one attached hydrogen (secondary N) is 1. The molecule has 2 N–H and O–H groups in total. The molecule has 0 unspecified atom stereocenters. The van der Waals surface area contributed by atoms with Gasteiger partial charge in [-0.25, -0.2) is 14.4 Å². The number of fused-ring (bicyclic) bond motifs is 1. The number of aliphatic hydroxyl groups excluding tert-OH is 1. The fourth-order valence-corrected chi connectivity index (χ4v) is 3.40. The first kappa shape index (κ1) is 15.7. The maximum atomic E-state index is 13.2. The average Bonchev–Trinajstić information content (AvgIpc) is 3.16. The van der Waals surface area contributed by atoms with Crippen molar-refractivity contribution >= 4 is 17.1 Å². The number of carbonyl (C=O) groups is 1. The van der Waals surface area contributed by atoms with Crippen molar-refractivity contribution in [3.63, 3.8) is 0 Å². The number of nitrogens with zero attached hydrogens (tertiary/aromatic N) is 3. The maximum absolute atomic E-state index is 13.2. The minimum Gasteiger partial charge on any atom is -0.391 e. The molecule has 1 saturated heterocycles. The van der Waals surface area contributed by atoms with E-state index >= 15 is 0 Å². The Morgan fingerprint density at radius 3 is 2.84 bits per heavy atom. The molecule has 6 nitrogen and oxygen atoms in total. The molecular formula is C18H17FN4O2. The number of H-pyrrole nitrogens is 1. The lowest BCUT2D eigenvalue weighted by atomic mass is 10.0. The van der Waals surface area contributed by atoms with Gasteiger partial charge in [0.05, 0.1) is 23.2 Å². The van der Waals surface area contributed by atoms with Gasteiger partial charge in [0.25, 0.3) is 5.91 Å². The standard InChI is InChI=1S/C18H17FN4O2/c1-10-21-16-14(6-7-20-17(16)22-10)18(25)23-9-13(24)8-15(23)11-2-4-12(19)5-3-11/h2-7,13,15,24H,8-9H2,1H3,(H,20,21,22)/t13-,15+/m0/s1. The zero-order chi connectivity index (χ0) is 17.6. The maximum Gasteiger partial charge on any atom is 0.256 e. The minimum atomic E-state index is -0.611. The molecule has 7 heteroatoms. The molecule has 0 saturated carbocycles. The summed E-state index contributed by atoms with van der Waals surface area (Å²) in [6.45, 7) is 2.04. The topological polar surface area (TPSA) is 82.1 Å². The van der Waals surface area contributed by atoms with Crippen LogP contribution >= 0.6 is 0 Å². The molecule has 2 atom stereocenters. The number of benzene rings is 1. The Hall–Kier alpha value is -2.80. The van der Waals surface area contributed by atoms with Gasteiger partial charge in [-0.3, -0.25) is 4.79 Å². The number of aryl methyl sites for hydroxylation is 1. The summed E-state index contributed by atoms with van der Waals surface area (Å²) in [6.07, 6.45) is 1.36. The molecule has 1 aliphatic heterocycles. The number of likely N-dealkylation sites (tertiary alicyclic amines) is 1. The molecule has 1 amide bonds. The quantitative estimate of drug-likeness (QED) is 0.750. The smallest absolute Gasteiger partial charge is 0.256 e. The lowest BCUT2D eigenvalue weighted by Crippen LogP contribution is -2.32. The first-order valence-electron chi connectivity index (χ1n) is 8.09. The number of carbonyl (C=O) groups excluding carboxylic acids is 1. The highest BCUT2D eigenvalue weighted by atomic mass is 19.1. The largest absolute Gasteiger partial charge is 0.391 e. The van der Waals surface area contributed by atoms with Crippen molar-refractivity contribution in [1.82, 2.24) is 19.9 Å². The van der Waals surface area contributed by atoms with E-state index in [4.69, 9.17) is 0 Å². The Kier molecular flexibility index (Phi) is 3.73. The molecule has 0 radical (unpaired) electrons. The first-order chi connectivity index (χ1) is 12.0. The summed E-state index contributed by atoms with van der Waals surface area (Å²) >= 11 is 0. The second-order valence-corrected chi connectivity index (χ2v) is 6.29. The highest BCUT2D eigenvalue weighted by molar-refractivity contribution is 6.04. The van der Waals surface area contributed by atoms with Gasteiger partial charge in [-0.2, -0.15) is 0 Å². The van der Waals surface area contributed by atoms with E-state index in [1.54, 1.807) is 36.2 Å². The highest BCUT2D eigenvalue weighted by Gasteiger charge is 2.36. The number of β-amino-alcohol motifs (C(OH)–C–C–N with tert-alkyl or cyclic N) is 1. The van der Waals surface area contributed by atoms with Crippen molar-refractivity contribution in [3.8, 4) is 0 Å². The number of imidazole rings is 1. The molecule has 3 aromatic rings. The Balaban J connectivity index is 1.73. The van der Waals surface area contributed by atoms with Crippen LogP contribution in [0.15, 0.2) is 36.5 Å². The molecule has 25 heavy (non-hydrogen) atoms. The van der Waals surface area contributed by atoms with Gasteiger partial charge in [0.1, 0.15) is 11.6 Å². The predicted octanol–water partition coefficient (Wildman–Crippen LogP) is 2.35. The second kappa shape index (κ2) is 5.93. The average molecular weight is 340 g/mol. The van der Waals surface area contributed by atoms with E-state index in [-0.39, 0.29) is 24.3 Å². The fraction of sp³-hybridized carbons (Fsp3) is 0.278. The van der Waals surface area contributed by atoms with Crippen LogP contribution in [0, 0.1) is 12.7 Å². The zero-order valence-corrected chi connectivity index (χ0v) is 13.6. The number of pyridine rings is 1. The zero-order valence-electron chi connectivity index (χ0n) is 13.6. The third kappa shape index (κ3) is 2.76. The van der Waals surface area contributed by atoms with Crippen LogP contribution in [0.2, 0.25) is 0 Å². The second-order valence-electron chi connectivity index (χ2n) is 6.29. The lowest BCUT2D eigenvalue weighted by Gasteiger charge is -2.25. The molecule has 1 aliphatic rings. The molecule has 128 valence electrons. The molecule has 2 aromatic heterocycles. The van der Waals surface area contributed by atoms with E-state index in [0.29, 0.717) is 29.0 Å². The van der Waals surface area contributed by atoms with Crippen molar-refractivity contribution in [2.75, 3.05) is 6.54 Å². The molecule has 1 fully saturated rings. The molecule has 0 bridgehead atoms.